The van der Waals surface area contributed by atoms with Gasteiger partial charge in [-0.25, -0.2) is 0 Å². The first-order chi connectivity index (χ1) is 10.2. The smallest absolute Gasteiger partial charge is 0.224 e. The van der Waals surface area contributed by atoms with Crippen LogP contribution in [-0.4, -0.2) is 26.9 Å². The van der Waals surface area contributed by atoms with Crippen LogP contribution in [0.4, 0.5) is 5.69 Å². The summed E-state index contributed by atoms with van der Waals surface area (Å²) in [7, 11) is 0. The summed E-state index contributed by atoms with van der Waals surface area (Å²) in [6, 6.07) is 7.62. The summed E-state index contributed by atoms with van der Waals surface area (Å²) in [4.78, 5) is 13.6. The Kier molecular flexibility index (Phi) is 5.51. The van der Waals surface area contributed by atoms with E-state index in [4.69, 9.17) is 5.73 Å². The first-order valence-electron chi connectivity index (χ1n) is 7.24. The van der Waals surface area contributed by atoms with E-state index in [0.717, 1.165) is 30.6 Å². The number of carbonyl (C=O) groups is 1. The third-order valence-corrected chi connectivity index (χ3v) is 3.97. The maximum absolute atomic E-state index is 12.0. The molecule has 1 aromatic heterocycles. The van der Waals surface area contributed by atoms with Gasteiger partial charge in [-0.15, -0.1) is 12.4 Å². The SMILES string of the molecule is Cl.N[C@@H]1CCC[C@H]1CC(=O)Nc1ccc(-n2nccn2)cc1. The molecule has 118 valence electrons. The number of nitrogens with zero attached hydrogens (tertiary/aromatic N) is 3. The van der Waals surface area contributed by atoms with Gasteiger partial charge in [0.15, 0.2) is 0 Å². The number of hydrogen-bond donors (Lipinski definition) is 2. The number of nitrogens with one attached hydrogen (secondary N) is 1. The fraction of sp³-hybridized carbons (Fsp3) is 0.400. The summed E-state index contributed by atoms with van der Waals surface area (Å²) in [5, 5.41) is 11.0. The number of aromatic nitrogens is 3. The second kappa shape index (κ2) is 7.38. The van der Waals surface area contributed by atoms with Crippen molar-refractivity contribution in [3.8, 4) is 5.69 Å². The van der Waals surface area contributed by atoms with Crippen molar-refractivity contribution >= 4 is 24.0 Å². The molecule has 22 heavy (non-hydrogen) atoms. The van der Waals surface area contributed by atoms with Crippen molar-refractivity contribution in [3.05, 3.63) is 36.7 Å². The maximum Gasteiger partial charge on any atom is 0.224 e. The topological polar surface area (TPSA) is 85.8 Å². The van der Waals surface area contributed by atoms with Gasteiger partial charge in [0.25, 0.3) is 0 Å². The lowest BCUT2D eigenvalue weighted by atomic mass is 10.00. The first kappa shape index (κ1) is 16.5. The summed E-state index contributed by atoms with van der Waals surface area (Å²) >= 11 is 0. The standard InChI is InChI=1S/C15H19N5O.ClH/c16-14-3-1-2-11(14)10-15(21)19-12-4-6-13(7-5-12)20-17-8-9-18-20;/h4-9,11,14H,1-3,10,16H2,(H,19,21);1H/t11-,14+;/m0./s1. The molecular weight excluding hydrogens is 302 g/mol. The molecule has 3 rings (SSSR count). The zero-order valence-corrected chi connectivity index (χ0v) is 13.0. The van der Waals surface area contributed by atoms with Crippen LogP contribution in [0.25, 0.3) is 5.69 Å². The van der Waals surface area contributed by atoms with Gasteiger partial charge in [-0.2, -0.15) is 15.0 Å². The van der Waals surface area contributed by atoms with Gasteiger partial charge in [-0.1, -0.05) is 6.42 Å². The molecule has 3 N–H and O–H groups in total. The molecule has 7 heteroatoms. The van der Waals surface area contributed by atoms with E-state index in [9.17, 15) is 4.79 Å². The Labute approximate surface area is 135 Å². The Morgan fingerprint density at radius 2 is 1.91 bits per heavy atom. The molecule has 2 aromatic rings. The molecule has 1 aliphatic rings. The van der Waals surface area contributed by atoms with Gasteiger partial charge in [-0.05, 0) is 43.0 Å². The van der Waals surface area contributed by atoms with E-state index >= 15 is 0 Å². The zero-order valence-electron chi connectivity index (χ0n) is 12.2. The Hall–Kier alpha value is -1.92. The number of halogens is 1. The van der Waals surface area contributed by atoms with Crippen LogP contribution in [0.3, 0.4) is 0 Å². The van der Waals surface area contributed by atoms with Crippen molar-refractivity contribution in [3.63, 3.8) is 0 Å². The quantitative estimate of drug-likeness (QED) is 0.903. The molecule has 1 amide bonds. The Morgan fingerprint density at radius 3 is 2.50 bits per heavy atom. The predicted molar refractivity (Wildman–Crippen MR) is 87.2 cm³/mol. The summed E-state index contributed by atoms with van der Waals surface area (Å²) in [5.41, 5.74) is 7.64. The summed E-state index contributed by atoms with van der Waals surface area (Å²) in [5.74, 6) is 0.347. The molecular formula is C15H20ClN5O. The van der Waals surface area contributed by atoms with Crippen LogP contribution in [0, 0.1) is 5.92 Å². The number of rotatable bonds is 4. The minimum atomic E-state index is 0. The van der Waals surface area contributed by atoms with Gasteiger partial charge < -0.3 is 11.1 Å². The molecule has 2 atom stereocenters. The number of hydrogen-bond acceptors (Lipinski definition) is 4. The second-order valence-corrected chi connectivity index (χ2v) is 5.47. The first-order valence-corrected chi connectivity index (χ1v) is 7.24. The van der Waals surface area contributed by atoms with Crippen LogP contribution in [0.15, 0.2) is 36.7 Å². The molecule has 0 saturated heterocycles. The number of nitrogens with two attached hydrogens (primary N) is 1. The molecule has 1 aliphatic carbocycles. The van der Waals surface area contributed by atoms with Crippen LogP contribution in [0.2, 0.25) is 0 Å². The fourth-order valence-corrected chi connectivity index (χ4v) is 2.80. The maximum atomic E-state index is 12.0. The highest BCUT2D eigenvalue weighted by molar-refractivity contribution is 5.91. The molecule has 0 radical (unpaired) electrons. The second-order valence-electron chi connectivity index (χ2n) is 5.47. The van der Waals surface area contributed by atoms with Gasteiger partial charge in [0.1, 0.15) is 0 Å². The predicted octanol–water partition coefficient (Wildman–Crippen LogP) is 2.15. The molecule has 0 unspecified atom stereocenters. The molecule has 6 nitrogen and oxygen atoms in total. The van der Waals surface area contributed by atoms with E-state index in [0.29, 0.717) is 12.3 Å². The Morgan fingerprint density at radius 1 is 1.23 bits per heavy atom. The van der Waals surface area contributed by atoms with Gasteiger partial charge >= 0.3 is 0 Å². The van der Waals surface area contributed by atoms with Gasteiger partial charge in [0.2, 0.25) is 5.91 Å². The van der Waals surface area contributed by atoms with E-state index in [2.05, 4.69) is 15.5 Å². The fourth-order valence-electron chi connectivity index (χ4n) is 2.80. The normalized spacial score (nSPS) is 20.4. The zero-order chi connectivity index (χ0) is 14.7. The highest BCUT2D eigenvalue weighted by atomic mass is 35.5. The number of carbonyl (C=O) groups excluding carboxylic acids is 1. The molecule has 1 fully saturated rings. The average molecular weight is 322 g/mol. The molecule has 1 saturated carbocycles. The van der Waals surface area contributed by atoms with E-state index in [-0.39, 0.29) is 24.4 Å². The van der Waals surface area contributed by atoms with Crippen molar-refractivity contribution in [1.82, 2.24) is 15.0 Å². The molecule has 1 heterocycles. The molecule has 0 spiro atoms. The lowest BCUT2D eigenvalue weighted by Gasteiger charge is -2.14. The summed E-state index contributed by atoms with van der Waals surface area (Å²) < 4.78 is 0. The minimum Gasteiger partial charge on any atom is -0.327 e. The largest absolute Gasteiger partial charge is 0.327 e. The van der Waals surface area contributed by atoms with Crippen molar-refractivity contribution in [2.45, 2.75) is 31.7 Å². The third kappa shape index (κ3) is 3.84. The molecule has 0 bridgehead atoms. The number of benzene rings is 1. The van der Waals surface area contributed by atoms with E-state index in [1.54, 1.807) is 12.4 Å². The van der Waals surface area contributed by atoms with Crippen molar-refractivity contribution in [2.75, 3.05) is 5.32 Å². The van der Waals surface area contributed by atoms with Crippen LogP contribution < -0.4 is 11.1 Å². The van der Waals surface area contributed by atoms with E-state index < -0.39 is 0 Å². The highest BCUT2D eigenvalue weighted by Gasteiger charge is 2.25. The highest BCUT2D eigenvalue weighted by Crippen LogP contribution is 2.27. The molecule has 1 aromatic carbocycles. The van der Waals surface area contributed by atoms with Gasteiger partial charge in [0.05, 0.1) is 18.1 Å². The summed E-state index contributed by atoms with van der Waals surface area (Å²) in [6.07, 6.45) is 6.97. The van der Waals surface area contributed by atoms with Crippen LogP contribution >= 0.6 is 12.4 Å². The lowest BCUT2D eigenvalue weighted by Crippen LogP contribution is -2.28. The Bertz CT molecular complexity index is 599. The monoisotopic (exact) mass is 321 g/mol. The number of anilines is 1. The summed E-state index contributed by atoms with van der Waals surface area (Å²) in [6.45, 7) is 0. The third-order valence-electron chi connectivity index (χ3n) is 3.97. The number of amides is 1. The average Bonchev–Trinajstić information content (AvgIpc) is 3.12. The van der Waals surface area contributed by atoms with E-state index in [1.165, 1.54) is 4.80 Å². The van der Waals surface area contributed by atoms with Crippen molar-refractivity contribution in [1.29, 1.82) is 0 Å². The lowest BCUT2D eigenvalue weighted by molar-refractivity contribution is -0.117. The van der Waals surface area contributed by atoms with Crippen LogP contribution in [0.5, 0.6) is 0 Å². The van der Waals surface area contributed by atoms with Crippen LogP contribution in [-0.2, 0) is 4.79 Å². The van der Waals surface area contributed by atoms with Gasteiger partial charge in [0, 0.05) is 18.2 Å². The van der Waals surface area contributed by atoms with Crippen molar-refractivity contribution in [2.24, 2.45) is 11.7 Å². The van der Waals surface area contributed by atoms with Crippen molar-refractivity contribution < 1.29 is 4.79 Å². The van der Waals surface area contributed by atoms with Crippen LogP contribution in [0.1, 0.15) is 25.7 Å². The molecule has 0 aliphatic heterocycles. The van der Waals surface area contributed by atoms with Gasteiger partial charge in [-0.3, -0.25) is 4.79 Å². The Balaban J connectivity index is 0.00000176. The van der Waals surface area contributed by atoms with E-state index in [1.807, 2.05) is 24.3 Å². The minimum absolute atomic E-state index is 0.